The van der Waals surface area contributed by atoms with Crippen LogP contribution in [0.25, 0.3) is 0 Å². The lowest BCUT2D eigenvalue weighted by Crippen LogP contribution is -2.01. The average Bonchev–Trinajstić information content (AvgIpc) is 2.32. The molecule has 0 rings (SSSR count). The summed E-state index contributed by atoms with van der Waals surface area (Å²) in [5.41, 5.74) is 1.82. The van der Waals surface area contributed by atoms with Crippen molar-refractivity contribution in [3.8, 4) is 0 Å². The van der Waals surface area contributed by atoms with Gasteiger partial charge in [0.25, 0.3) is 0 Å². The molecule has 0 spiro atoms. The summed E-state index contributed by atoms with van der Waals surface area (Å²) in [6.07, 6.45) is 3.61. The van der Waals surface area contributed by atoms with Gasteiger partial charge in [-0.25, -0.2) is 0 Å². The molecule has 0 aromatic rings. The Morgan fingerprint density at radius 3 is 2.38 bits per heavy atom. The van der Waals surface area contributed by atoms with Crippen molar-refractivity contribution in [2.45, 2.75) is 13.3 Å². The van der Waals surface area contributed by atoms with E-state index in [1.165, 1.54) is 7.11 Å². The molecule has 0 aliphatic heterocycles. The van der Waals surface area contributed by atoms with Gasteiger partial charge in [-0.15, -0.1) is 0 Å². The zero-order valence-corrected chi connectivity index (χ0v) is 11.5. The first kappa shape index (κ1) is 15.0. The fourth-order valence-electron chi connectivity index (χ4n) is 1.01. The van der Waals surface area contributed by atoms with E-state index in [-0.39, 0.29) is 12.4 Å². The van der Waals surface area contributed by atoms with E-state index in [1.807, 2.05) is 6.92 Å². The summed E-state index contributed by atoms with van der Waals surface area (Å²) in [5.74, 6) is 0.439. The highest BCUT2D eigenvalue weighted by Gasteiger charge is 2.05. The molecule has 16 heavy (non-hydrogen) atoms. The summed E-state index contributed by atoms with van der Waals surface area (Å²) in [6, 6.07) is 0. The molecule has 0 unspecified atom stereocenters. The van der Waals surface area contributed by atoms with Gasteiger partial charge in [0, 0.05) is 5.33 Å². The maximum Gasteiger partial charge on any atom is 0.309 e. The second kappa shape index (κ2) is 8.16. The van der Waals surface area contributed by atoms with Crippen molar-refractivity contribution in [1.29, 1.82) is 0 Å². The Kier molecular flexibility index (Phi) is 7.64. The van der Waals surface area contributed by atoms with E-state index in [9.17, 15) is 4.79 Å². The fraction of sp³-hybridized carbons (Fsp3) is 0.417. The molecule has 0 saturated carbocycles. The van der Waals surface area contributed by atoms with Gasteiger partial charge in [0.15, 0.2) is 0 Å². The molecule has 0 aliphatic carbocycles. The molecule has 4 heteroatoms. The largest absolute Gasteiger partial charge is 0.497 e. The summed E-state index contributed by atoms with van der Waals surface area (Å²) in [6.45, 7) is 5.60. The molecule has 0 atom stereocenters. The van der Waals surface area contributed by atoms with Gasteiger partial charge in [-0.3, -0.25) is 4.79 Å². The van der Waals surface area contributed by atoms with Crippen LogP contribution in [-0.4, -0.2) is 25.5 Å². The highest BCUT2D eigenvalue weighted by molar-refractivity contribution is 9.09. The normalized spacial score (nSPS) is 12.9. The Morgan fingerprint density at radius 1 is 1.38 bits per heavy atom. The Bertz CT molecular complexity index is 316. The number of rotatable bonds is 6. The molecule has 0 aliphatic rings. The zero-order valence-electron chi connectivity index (χ0n) is 9.88. The number of alkyl halides is 1. The first-order chi connectivity index (χ1) is 7.58. The topological polar surface area (TPSA) is 35.5 Å². The van der Waals surface area contributed by atoms with E-state index in [1.54, 1.807) is 19.3 Å². The number of esters is 1. The van der Waals surface area contributed by atoms with Gasteiger partial charge < -0.3 is 9.47 Å². The number of hydrogen-bond acceptors (Lipinski definition) is 3. The molecule has 0 radical (unpaired) electrons. The van der Waals surface area contributed by atoms with Gasteiger partial charge >= 0.3 is 5.97 Å². The van der Waals surface area contributed by atoms with Crippen LogP contribution in [0.5, 0.6) is 0 Å². The van der Waals surface area contributed by atoms with Crippen molar-refractivity contribution in [3.05, 3.63) is 35.6 Å². The standard InChI is InChI=1S/C12H17BrO3/c1-5-10(7-12(14)16-4)6-11(15-3)9(2)8-13/h5-6H,1,7-8H2,2-4H3/b10-6+,11-9-. The van der Waals surface area contributed by atoms with Crippen LogP contribution in [-0.2, 0) is 14.3 Å². The maximum absolute atomic E-state index is 11.1. The molecule has 0 heterocycles. The van der Waals surface area contributed by atoms with Crippen LogP contribution in [0.3, 0.4) is 0 Å². The third-order valence-electron chi connectivity index (χ3n) is 2.00. The van der Waals surface area contributed by atoms with Crippen molar-refractivity contribution in [1.82, 2.24) is 0 Å². The second-order valence-electron chi connectivity index (χ2n) is 3.16. The Hall–Kier alpha value is -1.03. The zero-order chi connectivity index (χ0) is 12.6. The van der Waals surface area contributed by atoms with E-state index in [4.69, 9.17) is 4.74 Å². The number of halogens is 1. The molecular formula is C12H17BrO3. The number of allylic oxidation sites excluding steroid dienone is 3. The van der Waals surface area contributed by atoms with Crippen LogP contribution in [0.1, 0.15) is 13.3 Å². The Morgan fingerprint density at radius 2 is 2.00 bits per heavy atom. The van der Waals surface area contributed by atoms with Gasteiger partial charge in [0.1, 0.15) is 5.76 Å². The molecule has 0 N–H and O–H groups in total. The molecule has 0 fully saturated rings. The molecular weight excluding hydrogens is 272 g/mol. The van der Waals surface area contributed by atoms with Gasteiger partial charge in [-0.1, -0.05) is 28.6 Å². The van der Waals surface area contributed by atoms with E-state index in [0.29, 0.717) is 0 Å². The summed E-state index contributed by atoms with van der Waals surface area (Å²) >= 11 is 3.35. The van der Waals surface area contributed by atoms with E-state index in [2.05, 4.69) is 27.2 Å². The molecule has 3 nitrogen and oxygen atoms in total. The lowest BCUT2D eigenvalue weighted by molar-refractivity contribution is -0.139. The minimum atomic E-state index is -0.293. The third kappa shape index (κ3) is 5.16. The number of carbonyl (C=O) groups excluding carboxylic acids is 1. The van der Waals surface area contributed by atoms with Crippen molar-refractivity contribution < 1.29 is 14.3 Å². The van der Waals surface area contributed by atoms with E-state index >= 15 is 0 Å². The van der Waals surface area contributed by atoms with Gasteiger partial charge in [-0.05, 0) is 24.1 Å². The molecule has 0 bridgehead atoms. The van der Waals surface area contributed by atoms with Gasteiger partial charge in [0.05, 0.1) is 20.6 Å². The number of hydrogen-bond donors (Lipinski definition) is 0. The van der Waals surface area contributed by atoms with Crippen LogP contribution in [0, 0.1) is 0 Å². The van der Waals surface area contributed by atoms with Crippen LogP contribution in [0.4, 0.5) is 0 Å². The van der Waals surface area contributed by atoms with Crippen molar-refractivity contribution >= 4 is 21.9 Å². The Balaban J connectivity index is 4.92. The summed E-state index contributed by atoms with van der Waals surface area (Å²) in [4.78, 5) is 11.1. The molecule has 0 saturated heterocycles. The maximum atomic E-state index is 11.1. The minimum Gasteiger partial charge on any atom is -0.497 e. The monoisotopic (exact) mass is 288 g/mol. The van der Waals surface area contributed by atoms with E-state index in [0.717, 1.165) is 22.2 Å². The lowest BCUT2D eigenvalue weighted by atomic mass is 10.1. The number of ether oxygens (including phenoxy) is 2. The highest BCUT2D eigenvalue weighted by Crippen LogP contribution is 2.14. The first-order valence-electron chi connectivity index (χ1n) is 4.78. The van der Waals surface area contributed by atoms with Crippen molar-refractivity contribution in [3.63, 3.8) is 0 Å². The van der Waals surface area contributed by atoms with Gasteiger partial charge in [-0.2, -0.15) is 0 Å². The average molecular weight is 289 g/mol. The molecule has 0 amide bonds. The summed E-state index contributed by atoms with van der Waals surface area (Å²) in [5, 5.41) is 0.718. The lowest BCUT2D eigenvalue weighted by Gasteiger charge is -2.07. The smallest absolute Gasteiger partial charge is 0.309 e. The predicted octanol–water partition coefficient (Wildman–Crippen LogP) is 2.98. The molecule has 0 aromatic carbocycles. The van der Waals surface area contributed by atoms with Crippen LogP contribution in [0.15, 0.2) is 35.6 Å². The minimum absolute atomic E-state index is 0.197. The van der Waals surface area contributed by atoms with Crippen molar-refractivity contribution in [2.24, 2.45) is 0 Å². The SMILES string of the molecule is C=C/C(=C\C(OC)=C(/C)CBr)CC(=O)OC. The van der Waals surface area contributed by atoms with Crippen LogP contribution < -0.4 is 0 Å². The summed E-state index contributed by atoms with van der Waals surface area (Å²) in [7, 11) is 2.96. The first-order valence-corrected chi connectivity index (χ1v) is 5.90. The van der Waals surface area contributed by atoms with Crippen LogP contribution in [0.2, 0.25) is 0 Å². The molecule has 90 valence electrons. The highest BCUT2D eigenvalue weighted by atomic mass is 79.9. The predicted molar refractivity (Wildman–Crippen MR) is 68.4 cm³/mol. The quantitative estimate of drug-likeness (QED) is 0.326. The number of methoxy groups -OCH3 is 2. The van der Waals surface area contributed by atoms with Gasteiger partial charge in [0.2, 0.25) is 0 Å². The Labute approximate surface area is 105 Å². The molecule has 0 aromatic heterocycles. The van der Waals surface area contributed by atoms with Crippen LogP contribution >= 0.6 is 15.9 Å². The van der Waals surface area contributed by atoms with Crippen molar-refractivity contribution in [2.75, 3.05) is 19.5 Å². The van der Waals surface area contributed by atoms with E-state index < -0.39 is 0 Å². The summed E-state index contributed by atoms with van der Waals surface area (Å²) < 4.78 is 9.81. The third-order valence-corrected chi connectivity index (χ3v) is 2.84. The second-order valence-corrected chi connectivity index (χ2v) is 3.72. The fourth-order valence-corrected chi connectivity index (χ4v) is 1.29. The number of carbonyl (C=O) groups is 1.